The van der Waals surface area contributed by atoms with Gasteiger partial charge in [0.1, 0.15) is 6.04 Å². The van der Waals surface area contributed by atoms with E-state index in [4.69, 9.17) is 0 Å². The van der Waals surface area contributed by atoms with Crippen molar-refractivity contribution in [3.63, 3.8) is 0 Å². The molecule has 0 aliphatic carbocycles. The van der Waals surface area contributed by atoms with Gasteiger partial charge < -0.3 is 19.8 Å². The van der Waals surface area contributed by atoms with Crippen LogP contribution in [0.3, 0.4) is 0 Å². The molecule has 5 nitrogen and oxygen atoms in total. The van der Waals surface area contributed by atoms with Crippen LogP contribution in [0.5, 0.6) is 0 Å². The lowest BCUT2D eigenvalue weighted by Crippen LogP contribution is -2.44. The number of carboxylic acids is 1. The third-order valence-electron chi connectivity index (χ3n) is 6.35. The summed E-state index contributed by atoms with van der Waals surface area (Å²) in [5.74, 6) is -0.821. The van der Waals surface area contributed by atoms with Crippen LogP contribution < -0.4 is 9.80 Å². The van der Waals surface area contributed by atoms with Gasteiger partial charge in [-0.15, -0.1) is 0 Å². The van der Waals surface area contributed by atoms with Crippen LogP contribution in [0.25, 0.3) is 11.1 Å². The molecule has 1 heterocycles. The minimum atomic E-state index is -0.821. The van der Waals surface area contributed by atoms with Gasteiger partial charge in [-0.2, -0.15) is 0 Å². The summed E-state index contributed by atoms with van der Waals surface area (Å²) in [6, 6.07) is 26.0. The summed E-state index contributed by atoms with van der Waals surface area (Å²) in [5.41, 5.74) is 5.39. The van der Waals surface area contributed by atoms with E-state index in [1.807, 2.05) is 54.4 Å². The average Bonchev–Trinajstić information content (AvgIpc) is 2.83. The number of hydrogen-bond donors (Lipinski definition) is 1. The number of likely N-dealkylation sites (N-methyl/N-ethyl adjacent to an activating group) is 2. The second kappa shape index (κ2) is 9.88. The molecule has 0 bridgehead atoms. The van der Waals surface area contributed by atoms with E-state index in [0.717, 1.165) is 48.6 Å². The second-order valence-electron chi connectivity index (χ2n) is 8.54. The second-order valence-corrected chi connectivity index (χ2v) is 8.54. The van der Waals surface area contributed by atoms with E-state index < -0.39 is 12.0 Å². The quantitative estimate of drug-likeness (QED) is 0.609. The topological polar surface area (TPSA) is 47.0 Å². The van der Waals surface area contributed by atoms with Crippen molar-refractivity contribution in [3.05, 3.63) is 84.4 Å². The fourth-order valence-corrected chi connectivity index (χ4v) is 4.24. The summed E-state index contributed by atoms with van der Waals surface area (Å²) in [7, 11) is 4.02. The van der Waals surface area contributed by atoms with Gasteiger partial charge >= 0.3 is 5.97 Å². The first-order valence-electron chi connectivity index (χ1n) is 11.1. The number of piperazine rings is 1. The van der Waals surface area contributed by atoms with E-state index in [9.17, 15) is 9.90 Å². The van der Waals surface area contributed by atoms with Crippen molar-refractivity contribution in [3.8, 4) is 11.1 Å². The highest BCUT2D eigenvalue weighted by atomic mass is 16.4. The lowest BCUT2D eigenvalue weighted by atomic mass is 10.0. The van der Waals surface area contributed by atoms with E-state index >= 15 is 0 Å². The zero-order valence-electron chi connectivity index (χ0n) is 18.8. The summed E-state index contributed by atoms with van der Waals surface area (Å²) < 4.78 is 0. The SMILES string of the molecule is CN1CCN(c2ccc(-c3cccc(N(C)C(Cc4ccccc4)C(=O)O)c3)cc2)CC1. The molecular formula is C27H31N3O2. The minimum absolute atomic E-state index is 0.455. The number of carbonyl (C=O) groups is 1. The Bertz CT molecular complexity index is 1030. The Hall–Kier alpha value is -3.31. The van der Waals surface area contributed by atoms with Crippen LogP contribution >= 0.6 is 0 Å². The predicted molar refractivity (Wildman–Crippen MR) is 132 cm³/mol. The molecule has 0 saturated carbocycles. The van der Waals surface area contributed by atoms with Gasteiger partial charge in [0, 0.05) is 51.0 Å². The molecule has 1 unspecified atom stereocenters. The summed E-state index contributed by atoms with van der Waals surface area (Å²) in [6.45, 7) is 4.27. The van der Waals surface area contributed by atoms with Gasteiger partial charge in [-0.05, 0) is 48.0 Å². The van der Waals surface area contributed by atoms with E-state index in [-0.39, 0.29) is 0 Å². The zero-order chi connectivity index (χ0) is 22.5. The molecule has 3 aromatic carbocycles. The fourth-order valence-electron chi connectivity index (χ4n) is 4.24. The van der Waals surface area contributed by atoms with Crippen LogP contribution in [0.2, 0.25) is 0 Å². The first-order chi connectivity index (χ1) is 15.5. The molecule has 0 spiro atoms. The van der Waals surface area contributed by atoms with Gasteiger partial charge in [-0.1, -0.05) is 54.6 Å². The van der Waals surface area contributed by atoms with Gasteiger partial charge in [0.15, 0.2) is 0 Å². The molecule has 1 aliphatic rings. The van der Waals surface area contributed by atoms with Crippen molar-refractivity contribution in [1.29, 1.82) is 0 Å². The molecule has 0 radical (unpaired) electrons. The number of carboxylic acid groups (broad SMARTS) is 1. The van der Waals surface area contributed by atoms with Crippen molar-refractivity contribution in [2.24, 2.45) is 0 Å². The molecule has 1 N–H and O–H groups in total. The number of aliphatic carboxylic acids is 1. The summed E-state index contributed by atoms with van der Waals surface area (Å²) in [5, 5.41) is 9.87. The Morgan fingerprint density at radius 3 is 2.25 bits per heavy atom. The number of anilines is 2. The van der Waals surface area contributed by atoms with Crippen LogP contribution in [-0.2, 0) is 11.2 Å². The van der Waals surface area contributed by atoms with Gasteiger partial charge in [-0.3, -0.25) is 0 Å². The Morgan fingerprint density at radius 1 is 0.906 bits per heavy atom. The highest BCUT2D eigenvalue weighted by molar-refractivity contribution is 5.79. The van der Waals surface area contributed by atoms with Crippen molar-refractivity contribution >= 4 is 17.3 Å². The standard InChI is InChI=1S/C27H31N3O2/c1-28-15-17-30(18-16-28)24-13-11-22(12-14-24)23-9-6-10-25(20-23)29(2)26(27(31)32)19-21-7-4-3-5-8-21/h3-14,20,26H,15-19H2,1-2H3,(H,31,32). The molecule has 1 saturated heterocycles. The highest BCUT2D eigenvalue weighted by Gasteiger charge is 2.23. The molecule has 5 heteroatoms. The molecule has 1 fully saturated rings. The molecule has 4 rings (SSSR count). The average molecular weight is 430 g/mol. The highest BCUT2D eigenvalue weighted by Crippen LogP contribution is 2.28. The van der Waals surface area contributed by atoms with Gasteiger partial charge in [-0.25, -0.2) is 4.79 Å². The third kappa shape index (κ3) is 5.11. The van der Waals surface area contributed by atoms with Crippen LogP contribution in [0.4, 0.5) is 11.4 Å². The van der Waals surface area contributed by atoms with E-state index in [0.29, 0.717) is 6.42 Å². The Balaban J connectivity index is 1.51. The normalized spacial score (nSPS) is 15.4. The lowest BCUT2D eigenvalue weighted by Gasteiger charge is -2.34. The zero-order valence-corrected chi connectivity index (χ0v) is 18.8. The maximum Gasteiger partial charge on any atom is 0.326 e. The van der Waals surface area contributed by atoms with E-state index in [1.54, 1.807) is 0 Å². The van der Waals surface area contributed by atoms with Crippen molar-refractivity contribution < 1.29 is 9.90 Å². The van der Waals surface area contributed by atoms with Gasteiger partial charge in [0.05, 0.1) is 0 Å². The van der Waals surface area contributed by atoms with Gasteiger partial charge in [0.25, 0.3) is 0 Å². The summed E-state index contributed by atoms with van der Waals surface area (Å²) >= 11 is 0. The van der Waals surface area contributed by atoms with E-state index in [1.165, 1.54) is 5.69 Å². The van der Waals surface area contributed by atoms with Crippen LogP contribution in [0, 0.1) is 0 Å². The predicted octanol–water partition coefficient (Wildman–Crippen LogP) is 4.24. The summed E-state index contributed by atoms with van der Waals surface area (Å²) in [4.78, 5) is 18.7. The Kier molecular flexibility index (Phi) is 6.76. The first kappa shape index (κ1) is 21.9. The molecule has 32 heavy (non-hydrogen) atoms. The van der Waals surface area contributed by atoms with E-state index in [2.05, 4.69) is 53.2 Å². The Morgan fingerprint density at radius 2 is 1.59 bits per heavy atom. The first-order valence-corrected chi connectivity index (χ1v) is 11.1. The Labute approximate surface area is 190 Å². The summed E-state index contributed by atoms with van der Waals surface area (Å²) in [6.07, 6.45) is 0.455. The third-order valence-corrected chi connectivity index (χ3v) is 6.35. The van der Waals surface area contributed by atoms with Crippen LogP contribution in [0.15, 0.2) is 78.9 Å². The van der Waals surface area contributed by atoms with Crippen molar-refractivity contribution in [1.82, 2.24) is 4.90 Å². The number of hydrogen-bond acceptors (Lipinski definition) is 4. The molecule has 0 aromatic heterocycles. The molecule has 1 atom stereocenters. The monoisotopic (exact) mass is 429 g/mol. The molecule has 0 amide bonds. The lowest BCUT2D eigenvalue weighted by molar-refractivity contribution is -0.138. The minimum Gasteiger partial charge on any atom is -0.480 e. The van der Waals surface area contributed by atoms with Crippen molar-refractivity contribution in [2.45, 2.75) is 12.5 Å². The van der Waals surface area contributed by atoms with Crippen LogP contribution in [0.1, 0.15) is 5.56 Å². The number of nitrogens with zero attached hydrogens (tertiary/aromatic N) is 3. The maximum absolute atomic E-state index is 12.0. The molecule has 3 aromatic rings. The van der Waals surface area contributed by atoms with Crippen LogP contribution in [-0.4, -0.2) is 62.3 Å². The number of benzene rings is 3. The largest absolute Gasteiger partial charge is 0.480 e. The number of rotatable bonds is 7. The maximum atomic E-state index is 12.0. The molecular weight excluding hydrogens is 398 g/mol. The fraction of sp³-hybridized carbons (Fsp3) is 0.296. The van der Waals surface area contributed by atoms with Crippen molar-refractivity contribution in [2.75, 3.05) is 50.1 Å². The molecule has 166 valence electrons. The smallest absolute Gasteiger partial charge is 0.326 e. The molecule has 1 aliphatic heterocycles. The van der Waals surface area contributed by atoms with Gasteiger partial charge in [0.2, 0.25) is 0 Å².